The van der Waals surface area contributed by atoms with Crippen molar-refractivity contribution in [3.63, 3.8) is 0 Å². The first-order valence-electron chi connectivity index (χ1n) is 35.6. The number of allylic oxidation sites excluding steroid dienone is 8. The van der Waals surface area contributed by atoms with Crippen LogP contribution in [0.1, 0.15) is 387 Å². The Bertz CT molecular complexity index is 1380. The summed E-state index contributed by atoms with van der Waals surface area (Å²) in [6.07, 6.45) is 87.7. The van der Waals surface area contributed by atoms with E-state index in [1.54, 1.807) is 0 Å². The molecule has 0 aliphatic rings. The van der Waals surface area contributed by atoms with Gasteiger partial charge in [-0.15, -0.1) is 0 Å². The summed E-state index contributed by atoms with van der Waals surface area (Å²) in [6.45, 7) is 6.54. The highest BCUT2D eigenvalue weighted by atomic mass is 16.6. The molecule has 0 aliphatic heterocycles. The molecule has 0 bridgehead atoms. The Labute approximate surface area is 498 Å². The molecule has 0 fully saturated rings. The second-order valence-corrected chi connectivity index (χ2v) is 24.1. The molecule has 6 nitrogen and oxygen atoms in total. The lowest BCUT2D eigenvalue weighted by Crippen LogP contribution is -2.30. The van der Waals surface area contributed by atoms with Gasteiger partial charge in [-0.1, -0.05) is 358 Å². The maximum Gasteiger partial charge on any atom is 0.306 e. The van der Waals surface area contributed by atoms with Crippen LogP contribution in [0, 0.1) is 0 Å². The lowest BCUT2D eigenvalue weighted by atomic mass is 10.0. The van der Waals surface area contributed by atoms with E-state index in [9.17, 15) is 14.4 Å². The zero-order valence-electron chi connectivity index (χ0n) is 53.9. The summed E-state index contributed by atoms with van der Waals surface area (Å²) in [6, 6.07) is 0. The minimum atomic E-state index is -0.766. The molecule has 1 unspecified atom stereocenters. The van der Waals surface area contributed by atoms with Crippen LogP contribution in [0.3, 0.4) is 0 Å². The molecule has 6 heteroatoms. The normalized spacial score (nSPS) is 12.3. The third-order valence-corrected chi connectivity index (χ3v) is 16.1. The van der Waals surface area contributed by atoms with Gasteiger partial charge < -0.3 is 14.2 Å². The van der Waals surface area contributed by atoms with Crippen LogP contribution in [-0.2, 0) is 28.6 Å². The highest BCUT2D eigenvalue weighted by Crippen LogP contribution is 2.19. The number of hydrogen-bond acceptors (Lipinski definition) is 6. The first-order chi connectivity index (χ1) is 39.5. The first-order valence-corrected chi connectivity index (χ1v) is 35.6. The number of ether oxygens (including phenoxy) is 3. The fraction of sp³-hybridized carbons (Fsp3) is 0.851. The van der Waals surface area contributed by atoms with Crippen molar-refractivity contribution in [2.45, 2.75) is 393 Å². The van der Waals surface area contributed by atoms with Gasteiger partial charge in [0.1, 0.15) is 13.2 Å². The largest absolute Gasteiger partial charge is 0.462 e. The zero-order valence-corrected chi connectivity index (χ0v) is 53.9. The quantitative estimate of drug-likeness (QED) is 0.0261. The molecular weight excluding hydrogens is 985 g/mol. The Morgan fingerprint density at radius 1 is 0.263 bits per heavy atom. The topological polar surface area (TPSA) is 78.9 Å². The molecule has 0 heterocycles. The monoisotopic (exact) mass is 1120 g/mol. The van der Waals surface area contributed by atoms with E-state index in [0.717, 1.165) is 83.5 Å². The van der Waals surface area contributed by atoms with E-state index in [2.05, 4.69) is 69.4 Å². The van der Waals surface area contributed by atoms with Crippen molar-refractivity contribution >= 4 is 17.9 Å². The van der Waals surface area contributed by atoms with Crippen molar-refractivity contribution in [3.05, 3.63) is 48.6 Å². The first kappa shape index (κ1) is 77.4. The van der Waals surface area contributed by atoms with Crippen molar-refractivity contribution in [3.8, 4) is 0 Å². The Morgan fingerprint density at radius 2 is 0.487 bits per heavy atom. The van der Waals surface area contributed by atoms with Crippen LogP contribution in [0.2, 0.25) is 0 Å². The van der Waals surface area contributed by atoms with Gasteiger partial charge in [0, 0.05) is 19.3 Å². The second kappa shape index (κ2) is 68.9. The third-order valence-electron chi connectivity index (χ3n) is 16.1. The van der Waals surface area contributed by atoms with E-state index in [1.807, 2.05) is 0 Å². The van der Waals surface area contributed by atoms with E-state index in [0.29, 0.717) is 19.3 Å². The SMILES string of the molecule is CC/C=C\C/C=C\C/C=C\C/C=C\CCCCCCCCCCCCCCCCCCCCC(=O)OCC(COC(=O)CCCCCCCC)OC(=O)CCCCCCCCCCCCCCCCCCCCCCCCCCC. The summed E-state index contributed by atoms with van der Waals surface area (Å²) >= 11 is 0. The lowest BCUT2D eigenvalue weighted by molar-refractivity contribution is -0.167. The Morgan fingerprint density at radius 3 is 0.762 bits per heavy atom. The van der Waals surface area contributed by atoms with Gasteiger partial charge in [-0.05, 0) is 57.8 Å². The Hall–Kier alpha value is -2.63. The van der Waals surface area contributed by atoms with E-state index in [4.69, 9.17) is 14.2 Å². The minimum absolute atomic E-state index is 0.0665. The maximum atomic E-state index is 12.9. The average molecular weight is 1120 g/mol. The van der Waals surface area contributed by atoms with Crippen LogP contribution in [-0.4, -0.2) is 37.2 Å². The molecule has 0 aromatic heterocycles. The number of carbonyl (C=O) groups excluding carboxylic acids is 3. The summed E-state index contributed by atoms with van der Waals surface area (Å²) in [7, 11) is 0. The van der Waals surface area contributed by atoms with Crippen LogP contribution >= 0.6 is 0 Å². The van der Waals surface area contributed by atoms with Gasteiger partial charge in [0.15, 0.2) is 6.10 Å². The van der Waals surface area contributed by atoms with Crippen LogP contribution < -0.4 is 0 Å². The van der Waals surface area contributed by atoms with E-state index >= 15 is 0 Å². The smallest absolute Gasteiger partial charge is 0.306 e. The van der Waals surface area contributed by atoms with E-state index < -0.39 is 6.10 Å². The summed E-state index contributed by atoms with van der Waals surface area (Å²) in [4.78, 5) is 38.1. The number of rotatable bonds is 66. The van der Waals surface area contributed by atoms with Gasteiger partial charge in [0.2, 0.25) is 0 Å². The standard InChI is InChI=1S/C74H136O6/c1-4-7-10-13-16-18-20-22-24-26-28-30-32-34-35-36-37-38-39-41-42-44-46-48-50-52-54-56-58-61-64-67-73(76)79-70-71(69-78-72(75)66-63-60-15-12-9-6-3)80-74(77)68-65-62-59-57-55-53-51-49-47-45-43-40-33-31-29-27-25-23-21-19-17-14-11-8-5-2/h7,10,16,18,22,24,28,30,71H,4-6,8-9,11-15,17,19-21,23,25-27,29,31-70H2,1-3H3/b10-7-,18-16-,24-22-,30-28-. The molecule has 0 saturated heterocycles. The number of carbonyl (C=O) groups is 3. The maximum absolute atomic E-state index is 12.9. The molecule has 0 N–H and O–H groups in total. The van der Waals surface area contributed by atoms with Crippen molar-refractivity contribution in [2.75, 3.05) is 13.2 Å². The molecule has 0 radical (unpaired) electrons. The fourth-order valence-corrected chi connectivity index (χ4v) is 10.8. The molecule has 0 aromatic rings. The molecule has 0 rings (SSSR count). The zero-order chi connectivity index (χ0) is 57.8. The molecule has 0 aliphatic carbocycles. The van der Waals surface area contributed by atoms with Crippen molar-refractivity contribution in [2.24, 2.45) is 0 Å². The Balaban J connectivity index is 3.96. The number of hydrogen-bond donors (Lipinski definition) is 0. The third kappa shape index (κ3) is 66.2. The Kier molecular flexibility index (Phi) is 66.6. The minimum Gasteiger partial charge on any atom is -0.462 e. The summed E-state index contributed by atoms with van der Waals surface area (Å²) in [5.74, 6) is -0.849. The van der Waals surface area contributed by atoms with E-state index in [1.165, 1.54) is 263 Å². The van der Waals surface area contributed by atoms with Crippen LogP contribution in [0.4, 0.5) is 0 Å². The molecule has 0 amide bonds. The highest BCUT2D eigenvalue weighted by Gasteiger charge is 2.19. The second-order valence-electron chi connectivity index (χ2n) is 24.1. The van der Waals surface area contributed by atoms with Crippen LogP contribution in [0.25, 0.3) is 0 Å². The molecule has 0 spiro atoms. The van der Waals surface area contributed by atoms with Crippen molar-refractivity contribution in [1.29, 1.82) is 0 Å². The lowest BCUT2D eigenvalue weighted by Gasteiger charge is -2.18. The van der Waals surface area contributed by atoms with Gasteiger partial charge in [0.25, 0.3) is 0 Å². The fourth-order valence-electron chi connectivity index (χ4n) is 10.8. The molecule has 1 atom stereocenters. The highest BCUT2D eigenvalue weighted by molar-refractivity contribution is 5.71. The summed E-state index contributed by atoms with van der Waals surface area (Å²) in [5, 5.41) is 0. The predicted octanol–water partition coefficient (Wildman–Crippen LogP) is 24.5. The molecular formula is C74H136O6. The predicted molar refractivity (Wildman–Crippen MR) is 349 cm³/mol. The molecule has 80 heavy (non-hydrogen) atoms. The van der Waals surface area contributed by atoms with Crippen LogP contribution in [0.5, 0.6) is 0 Å². The number of esters is 3. The molecule has 0 aromatic carbocycles. The van der Waals surface area contributed by atoms with Gasteiger partial charge in [0.05, 0.1) is 0 Å². The summed E-state index contributed by atoms with van der Waals surface area (Å²) < 4.78 is 16.9. The van der Waals surface area contributed by atoms with Crippen LogP contribution in [0.15, 0.2) is 48.6 Å². The van der Waals surface area contributed by atoms with Gasteiger partial charge >= 0.3 is 17.9 Å². The van der Waals surface area contributed by atoms with Gasteiger partial charge in [-0.25, -0.2) is 0 Å². The van der Waals surface area contributed by atoms with E-state index in [-0.39, 0.29) is 31.1 Å². The van der Waals surface area contributed by atoms with Gasteiger partial charge in [-0.2, -0.15) is 0 Å². The van der Waals surface area contributed by atoms with Crippen molar-refractivity contribution < 1.29 is 28.6 Å². The summed E-state index contributed by atoms with van der Waals surface area (Å²) in [5.41, 5.74) is 0. The van der Waals surface area contributed by atoms with Crippen molar-refractivity contribution in [1.82, 2.24) is 0 Å². The average Bonchev–Trinajstić information content (AvgIpc) is 3.46. The molecule has 468 valence electrons. The van der Waals surface area contributed by atoms with Gasteiger partial charge in [-0.3, -0.25) is 14.4 Å². The number of unbranched alkanes of at least 4 members (excludes halogenated alkanes) is 47. The molecule has 0 saturated carbocycles.